The minimum atomic E-state index is -4.77. The van der Waals surface area contributed by atoms with Gasteiger partial charge in [0.15, 0.2) is 5.01 Å². The molecule has 0 bridgehead atoms. The lowest BCUT2D eigenvalue weighted by atomic mass is 10.1. The van der Waals surface area contributed by atoms with Crippen LogP contribution in [0.4, 0.5) is 19.0 Å². The average Bonchev–Trinajstić information content (AvgIpc) is 3.41. The van der Waals surface area contributed by atoms with Gasteiger partial charge in [0.25, 0.3) is 11.8 Å². The normalized spacial score (nSPS) is 17.2. The number of aliphatic hydroxyl groups excluding tert-OH is 2. The molecular weight excluding hydrogens is 499 g/mol. The molecule has 9 nitrogen and oxygen atoms in total. The molecule has 1 aliphatic rings. The predicted octanol–water partition coefficient (Wildman–Crippen LogP) is 3.14. The van der Waals surface area contributed by atoms with E-state index in [1.54, 1.807) is 20.8 Å². The average molecular weight is 530 g/mol. The van der Waals surface area contributed by atoms with E-state index in [1.165, 1.54) is 4.90 Å². The van der Waals surface area contributed by atoms with E-state index in [0.717, 1.165) is 25.1 Å². The number of nitrogens with zero attached hydrogens (tertiary/aromatic N) is 3. The lowest BCUT2D eigenvalue weighted by Gasteiger charge is -2.23. The Balaban J connectivity index is 2.12. The third-order valence-electron chi connectivity index (χ3n) is 5.50. The number of nitrogens with one attached hydrogen (secondary N) is 2. The molecule has 1 saturated heterocycles. The molecule has 2 aromatic rings. The van der Waals surface area contributed by atoms with Crippen LogP contribution in [0.3, 0.4) is 0 Å². The van der Waals surface area contributed by atoms with Crippen LogP contribution in [-0.4, -0.2) is 74.3 Å². The van der Waals surface area contributed by atoms with Gasteiger partial charge in [0.05, 0.1) is 23.2 Å². The minimum absolute atomic E-state index is 0.0140. The maximum absolute atomic E-state index is 14.2. The summed E-state index contributed by atoms with van der Waals surface area (Å²) in [5, 5.41) is 23.5. The summed E-state index contributed by atoms with van der Waals surface area (Å²) in [6.45, 7) is 6.74. The van der Waals surface area contributed by atoms with Crippen LogP contribution in [0.25, 0.3) is 10.4 Å². The number of hydrogen-bond acceptors (Lipinski definition) is 8. The minimum Gasteiger partial charge on any atom is -0.394 e. The summed E-state index contributed by atoms with van der Waals surface area (Å²) < 4.78 is 42.5. The first-order chi connectivity index (χ1) is 16.7. The van der Waals surface area contributed by atoms with Gasteiger partial charge in [-0.05, 0) is 46.6 Å². The van der Waals surface area contributed by atoms with Crippen molar-refractivity contribution in [3.05, 3.63) is 28.5 Å². The van der Waals surface area contributed by atoms with Crippen LogP contribution in [0.1, 0.15) is 66.4 Å². The number of rotatable bonds is 7. The van der Waals surface area contributed by atoms with Gasteiger partial charge in [-0.3, -0.25) is 9.59 Å². The molecule has 2 aromatic heterocycles. The van der Waals surface area contributed by atoms with Crippen molar-refractivity contribution in [2.45, 2.75) is 64.4 Å². The van der Waals surface area contributed by atoms with Crippen molar-refractivity contribution in [3.63, 3.8) is 0 Å². The van der Waals surface area contributed by atoms with Crippen molar-refractivity contribution in [2.24, 2.45) is 0 Å². The number of aliphatic hydroxyl groups is 2. The second-order valence-electron chi connectivity index (χ2n) is 9.72. The lowest BCUT2D eigenvalue weighted by molar-refractivity contribution is -0.137. The number of thiazole rings is 1. The van der Waals surface area contributed by atoms with Crippen LogP contribution in [0.2, 0.25) is 0 Å². The van der Waals surface area contributed by atoms with Crippen molar-refractivity contribution in [1.29, 1.82) is 0 Å². The highest BCUT2D eigenvalue weighted by Crippen LogP contribution is 2.42. The Kier molecular flexibility index (Phi) is 8.26. The smallest absolute Gasteiger partial charge is 0.394 e. The van der Waals surface area contributed by atoms with Crippen LogP contribution in [0, 0.1) is 0 Å². The van der Waals surface area contributed by atoms with E-state index in [4.69, 9.17) is 5.11 Å². The van der Waals surface area contributed by atoms with Crippen LogP contribution in [0.15, 0.2) is 12.3 Å². The zero-order chi connectivity index (χ0) is 26.8. The first-order valence-corrected chi connectivity index (χ1v) is 12.3. The van der Waals surface area contributed by atoms with E-state index < -0.39 is 41.8 Å². The Morgan fingerprint density at radius 3 is 2.56 bits per heavy atom. The monoisotopic (exact) mass is 529 g/mol. The fourth-order valence-corrected chi connectivity index (χ4v) is 4.79. The summed E-state index contributed by atoms with van der Waals surface area (Å²) in [6.07, 6.45) is -3.46. The summed E-state index contributed by atoms with van der Waals surface area (Å²) >= 11 is 0.642. The van der Waals surface area contributed by atoms with Gasteiger partial charge in [0.1, 0.15) is 11.5 Å². The quantitative estimate of drug-likeness (QED) is 0.434. The third-order valence-corrected chi connectivity index (χ3v) is 6.59. The van der Waals surface area contributed by atoms with Crippen molar-refractivity contribution >= 4 is 29.0 Å². The Hall–Kier alpha value is -2.77. The van der Waals surface area contributed by atoms with E-state index >= 15 is 0 Å². The molecule has 0 unspecified atom stereocenters. The van der Waals surface area contributed by atoms with Gasteiger partial charge in [-0.1, -0.05) is 0 Å². The summed E-state index contributed by atoms with van der Waals surface area (Å²) in [5.74, 6) is -1.33. The molecule has 1 fully saturated rings. The molecule has 0 radical (unpaired) electrons. The van der Waals surface area contributed by atoms with Gasteiger partial charge in [-0.25, -0.2) is 9.97 Å². The molecule has 13 heteroatoms. The number of aromatic nitrogens is 2. The largest absolute Gasteiger partial charge is 0.417 e. The van der Waals surface area contributed by atoms with Gasteiger partial charge in [0.2, 0.25) is 0 Å². The van der Waals surface area contributed by atoms with Crippen molar-refractivity contribution in [2.75, 3.05) is 25.0 Å². The highest BCUT2D eigenvalue weighted by Gasteiger charge is 2.38. The third kappa shape index (κ3) is 6.51. The van der Waals surface area contributed by atoms with Gasteiger partial charge in [-0.15, -0.1) is 11.3 Å². The molecule has 0 aromatic carbocycles. The van der Waals surface area contributed by atoms with Crippen LogP contribution < -0.4 is 10.6 Å². The number of halogens is 3. The van der Waals surface area contributed by atoms with E-state index in [2.05, 4.69) is 20.6 Å². The van der Waals surface area contributed by atoms with E-state index in [0.29, 0.717) is 17.9 Å². The van der Waals surface area contributed by atoms with Crippen molar-refractivity contribution in [3.8, 4) is 10.4 Å². The fourth-order valence-electron chi connectivity index (χ4n) is 3.79. The molecule has 3 rings (SSSR count). The molecule has 198 valence electrons. The van der Waals surface area contributed by atoms with Crippen LogP contribution >= 0.6 is 11.3 Å². The number of carbonyl (C=O) groups is 2. The number of hydrogen-bond donors (Lipinski definition) is 4. The second-order valence-corrected chi connectivity index (χ2v) is 10.7. The SMILES string of the molecule is C[C@H]1CCCN1C(=O)c1nc(C(=O)NC[C@H](O)CO)sc1-c1cnc(NC(C)(C)C)cc1C(F)(F)F. The Labute approximate surface area is 210 Å². The Bertz CT molecular complexity index is 1120. The first-order valence-electron chi connectivity index (χ1n) is 11.5. The molecule has 0 spiro atoms. The number of pyridine rings is 1. The summed E-state index contributed by atoms with van der Waals surface area (Å²) in [5.41, 5.74) is -2.17. The molecule has 2 atom stereocenters. The predicted molar refractivity (Wildman–Crippen MR) is 129 cm³/mol. The summed E-state index contributed by atoms with van der Waals surface area (Å²) in [4.78, 5) is 35.7. The molecule has 0 aliphatic carbocycles. The van der Waals surface area contributed by atoms with Crippen LogP contribution in [0.5, 0.6) is 0 Å². The Morgan fingerprint density at radius 2 is 2.00 bits per heavy atom. The lowest BCUT2D eigenvalue weighted by Crippen LogP contribution is -2.35. The van der Waals surface area contributed by atoms with E-state index in [1.807, 2.05) is 6.92 Å². The second kappa shape index (κ2) is 10.7. The number of carbonyl (C=O) groups excluding carboxylic acids is 2. The van der Waals surface area contributed by atoms with Crippen molar-refractivity contribution < 1.29 is 33.0 Å². The molecule has 4 N–H and O–H groups in total. The topological polar surface area (TPSA) is 128 Å². The van der Waals surface area contributed by atoms with E-state index in [9.17, 15) is 27.9 Å². The molecule has 2 amide bonds. The van der Waals surface area contributed by atoms with Crippen LogP contribution in [-0.2, 0) is 6.18 Å². The van der Waals surface area contributed by atoms with Gasteiger partial charge in [-0.2, -0.15) is 13.2 Å². The van der Waals surface area contributed by atoms with E-state index in [-0.39, 0.29) is 39.5 Å². The Morgan fingerprint density at radius 1 is 1.31 bits per heavy atom. The van der Waals surface area contributed by atoms with Crippen molar-refractivity contribution in [1.82, 2.24) is 20.2 Å². The maximum atomic E-state index is 14.2. The van der Waals surface area contributed by atoms with Gasteiger partial charge < -0.3 is 25.7 Å². The van der Waals surface area contributed by atoms with Gasteiger partial charge in [0, 0.05) is 36.4 Å². The zero-order valence-electron chi connectivity index (χ0n) is 20.4. The number of likely N-dealkylation sites (tertiary alicyclic amines) is 1. The highest BCUT2D eigenvalue weighted by atomic mass is 32.1. The van der Waals surface area contributed by atoms with Gasteiger partial charge >= 0.3 is 6.18 Å². The molecule has 0 saturated carbocycles. The molecule has 3 heterocycles. The first kappa shape index (κ1) is 27.8. The molecule has 36 heavy (non-hydrogen) atoms. The summed E-state index contributed by atoms with van der Waals surface area (Å²) in [6, 6.07) is 0.757. The molecular formula is C23H30F3N5O4S. The fraction of sp³-hybridized carbons (Fsp3) is 0.565. The standard InChI is InChI=1S/C23H30F3N5O4S/c1-12-6-5-7-31(12)21(35)17-18(36-20(29-17)19(34)28-9-13(33)11-32)14-10-27-16(30-22(2,3)4)8-15(14)23(24,25)26/h8,10,12-13,32-33H,5-7,9,11H2,1-4H3,(H,27,30)(H,28,34)/t12-,13-/m0/s1. The summed E-state index contributed by atoms with van der Waals surface area (Å²) in [7, 11) is 0. The molecule has 1 aliphatic heterocycles. The number of anilines is 1. The number of alkyl halides is 3. The maximum Gasteiger partial charge on any atom is 0.417 e. The number of amides is 2. The zero-order valence-corrected chi connectivity index (χ0v) is 21.3. The highest BCUT2D eigenvalue weighted by molar-refractivity contribution is 7.17.